The highest BCUT2D eigenvalue weighted by atomic mass is 32.1. The van der Waals surface area contributed by atoms with Crippen molar-refractivity contribution in [1.82, 2.24) is 4.98 Å². The van der Waals surface area contributed by atoms with Crippen LogP contribution in [-0.2, 0) is 11.3 Å². The highest BCUT2D eigenvalue weighted by molar-refractivity contribution is 7.15. The van der Waals surface area contributed by atoms with Crippen molar-refractivity contribution < 1.29 is 9.84 Å². The largest absolute Gasteiger partial charge is 0.390 e. The number of thiazole rings is 1. The summed E-state index contributed by atoms with van der Waals surface area (Å²) >= 11 is 1.68. The molecule has 1 aromatic heterocycles. The van der Waals surface area contributed by atoms with E-state index in [0.29, 0.717) is 12.1 Å². The summed E-state index contributed by atoms with van der Waals surface area (Å²) in [5, 5.41) is 10.2. The number of aliphatic hydroxyl groups excluding tert-OH is 1. The Kier molecular flexibility index (Phi) is 2.19. The van der Waals surface area contributed by atoms with Gasteiger partial charge in [-0.15, -0.1) is 11.3 Å². The molecule has 2 unspecified atom stereocenters. The van der Waals surface area contributed by atoms with E-state index in [1.165, 1.54) is 0 Å². The smallest absolute Gasteiger partial charge is 0.186 e. The molecule has 2 fully saturated rings. The van der Waals surface area contributed by atoms with Gasteiger partial charge in [0.15, 0.2) is 5.13 Å². The van der Waals surface area contributed by atoms with Crippen LogP contribution in [0.2, 0.25) is 0 Å². The zero-order valence-corrected chi connectivity index (χ0v) is 9.46. The Morgan fingerprint density at radius 1 is 1.67 bits per heavy atom. The molecule has 15 heavy (non-hydrogen) atoms. The van der Waals surface area contributed by atoms with Crippen molar-refractivity contribution in [3.63, 3.8) is 0 Å². The zero-order chi connectivity index (χ0) is 10.4. The highest BCUT2D eigenvalue weighted by Crippen LogP contribution is 2.35. The average molecular weight is 226 g/mol. The van der Waals surface area contributed by atoms with Crippen molar-refractivity contribution in [2.45, 2.75) is 32.1 Å². The van der Waals surface area contributed by atoms with Crippen LogP contribution in [0, 0.1) is 6.92 Å². The number of morpholine rings is 1. The minimum absolute atomic E-state index is 0.0424. The first-order valence-electron chi connectivity index (χ1n) is 5.23. The fourth-order valence-electron chi connectivity index (χ4n) is 2.32. The molecule has 3 rings (SSSR count). The summed E-state index contributed by atoms with van der Waals surface area (Å²) in [6.07, 6.45) is 1.53. The molecule has 2 atom stereocenters. The molecule has 0 spiro atoms. The maximum absolute atomic E-state index is 9.11. The third kappa shape index (κ3) is 1.46. The highest BCUT2D eigenvalue weighted by Gasteiger charge is 2.40. The maximum atomic E-state index is 9.11. The normalized spacial score (nSPS) is 29.1. The van der Waals surface area contributed by atoms with Gasteiger partial charge in [0.1, 0.15) is 0 Å². The van der Waals surface area contributed by atoms with E-state index in [1.54, 1.807) is 11.3 Å². The molecule has 2 saturated heterocycles. The van der Waals surface area contributed by atoms with Crippen LogP contribution in [-0.4, -0.2) is 35.4 Å². The van der Waals surface area contributed by atoms with Gasteiger partial charge in [-0.3, -0.25) is 0 Å². The summed E-state index contributed by atoms with van der Waals surface area (Å²) in [6, 6.07) is 0.507. The molecule has 0 aliphatic carbocycles. The van der Waals surface area contributed by atoms with Gasteiger partial charge in [0.25, 0.3) is 0 Å². The summed E-state index contributed by atoms with van der Waals surface area (Å²) in [7, 11) is 0. The SMILES string of the molecule is Cc1sc(N2CC3CC2CO3)nc1CO. The van der Waals surface area contributed by atoms with Gasteiger partial charge in [0.2, 0.25) is 0 Å². The summed E-state index contributed by atoms with van der Waals surface area (Å²) in [5.41, 5.74) is 0.818. The number of aryl methyl sites for hydroxylation is 1. The fraction of sp³-hybridized carbons (Fsp3) is 0.700. The minimum Gasteiger partial charge on any atom is -0.390 e. The van der Waals surface area contributed by atoms with Gasteiger partial charge in [-0.05, 0) is 13.3 Å². The van der Waals surface area contributed by atoms with Crippen molar-refractivity contribution in [1.29, 1.82) is 0 Å². The second-order valence-corrected chi connectivity index (χ2v) is 5.34. The lowest BCUT2D eigenvalue weighted by Gasteiger charge is -2.26. The predicted molar refractivity (Wildman–Crippen MR) is 58.3 cm³/mol. The standard InChI is InChI=1S/C10H14N2O2S/c1-6-9(4-13)11-10(15-6)12-3-8-2-7(12)5-14-8/h7-8,13H,2-5H2,1H3. The number of aliphatic hydroxyl groups is 1. The molecule has 0 amide bonds. The molecule has 0 aromatic carbocycles. The number of anilines is 1. The van der Waals surface area contributed by atoms with E-state index in [4.69, 9.17) is 9.84 Å². The molecular formula is C10H14N2O2S. The molecule has 5 heteroatoms. The van der Waals surface area contributed by atoms with E-state index in [0.717, 1.165) is 35.3 Å². The monoisotopic (exact) mass is 226 g/mol. The molecule has 2 bridgehead atoms. The lowest BCUT2D eigenvalue weighted by atomic mass is 10.2. The van der Waals surface area contributed by atoms with E-state index in [1.807, 2.05) is 6.92 Å². The van der Waals surface area contributed by atoms with Crippen LogP contribution in [0.5, 0.6) is 0 Å². The van der Waals surface area contributed by atoms with E-state index in [9.17, 15) is 0 Å². The second kappa shape index (κ2) is 3.43. The Hall–Kier alpha value is -0.650. The van der Waals surface area contributed by atoms with Crippen LogP contribution in [0.25, 0.3) is 0 Å². The van der Waals surface area contributed by atoms with Crippen molar-refractivity contribution in [3.8, 4) is 0 Å². The van der Waals surface area contributed by atoms with Gasteiger partial charge in [0.05, 0.1) is 31.1 Å². The molecule has 1 N–H and O–H groups in total. The van der Waals surface area contributed by atoms with Crippen LogP contribution >= 0.6 is 11.3 Å². The fourth-order valence-corrected chi connectivity index (χ4v) is 3.31. The van der Waals surface area contributed by atoms with Crippen LogP contribution in [0.15, 0.2) is 0 Å². The topological polar surface area (TPSA) is 45.6 Å². The molecule has 82 valence electrons. The Balaban J connectivity index is 1.87. The average Bonchev–Trinajstić information content (AvgIpc) is 2.90. The first kappa shape index (κ1) is 9.57. The van der Waals surface area contributed by atoms with E-state index < -0.39 is 0 Å². The Morgan fingerprint density at radius 3 is 3.07 bits per heavy atom. The summed E-state index contributed by atoms with van der Waals surface area (Å²) in [4.78, 5) is 7.91. The van der Waals surface area contributed by atoms with E-state index in [-0.39, 0.29) is 6.61 Å². The molecule has 3 heterocycles. The first-order valence-corrected chi connectivity index (χ1v) is 6.05. The van der Waals surface area contributed by atoms with Crippen molar-refractivity contribution >= 4 is 16.5 Å². The lowest BCUT2D eigenvalue weighted by molar-refractivity contribution is 0.0991. The number of rotatable bonds is 2. The maximum Gasteiger partial charge on any atom is 0.186 e. The lowest BCUT2D eigenvalue weighted by Crippen LogP contribution is -2.36. The number of hydrogen-bond donors (Lipinski definition) is 1. The van der Waals surface area contributed by atoms with Crippen molar-refractivity contribution in [3.05, 3.63) is 10.6 Å². The number of fused-ring (bicyclic) bond motifs is 2. The van der Waals surface area contributed by atoms with Gasteiger partial charge in [-0.2, -0.15) is 0 Å². The Morgan fingerprint density at radius 2 is 2.53 bits per heavy atom. The van der Waals surface area contributed by atoms with E-state index >= 15 is 0 Å². The van der Waals surface area contributed by atoms with Crippen LogP contribution in [0.1, 0.15) is 17.0 Å². The molecule has 2 aliphatic rings. The van der Waals surface area contributed by atoms with Gasteiger partial charge >= 0.3 is 0 Å². The Labute approximate surface area is 92.5 Å². The molecule has 0 saturated carbocycles. The van der Waals surface area contributed by atoms with Crippen LogP contribution < -0.4 is 4.90 Å². The third-order valence-corrected chi connectivity index (χ3v) is 4.23. The summed E-state index contributed by atoms with van der Waals surface area (Å²) in [5.74, 6) is 0. The van der Waals surface area contributed by atoms with Gasteiger partial charge in [-0.25, -0.2) is 4.98 Å². The first-order chi connectivity index (χ1) is 7.28. The number of nitrogens with zero attached hydrogens (tertiary/aromatic N) is 2. The van der Waals surface area contributed by atoms with Crippen molar-refractivity contribution in [2.24, 2.45) is 0 Å². The van der Waals surface area contributed by atoms with Crippen molar-refractivity contribution in [2.75, 3.05) is 18.1 Å². The third-order valence-electron chi connectivity index (χ3n) is 3.18. The molecule has 4 nitrogen and oxygen atoms in total. The van der Waals surface area contributed by atoms with Crippen LogP contribution in [0.4, 0.5) is 5.13 Å². The number of ether oxygens (including phenoxy) is 1. The minimum atomic E-state index is 0.0424. The predicted octanol–water partition coefficient (Wildman–Crippen LogP) is 0.921. The molecule has 0 radical (unpaired) electrons. The Bertz CT molecular complexity index is 379. The molecule has 1 aromatic rings. The molecular weight excluding hydrogens is 212 g/mol. The second-order valence-electron chi connectivity index (χ2n) is 4.15. The quantitative estimate of drug-likeness (QED) is 0.814. The summed E-state index contributed by atoms with van der Waals surface area (Å²) in [6.45, 7) is 3.85. The number of aromatic nitrogens is 1. The van der Waals surface area contributed by atoms with E-state index in [2.05, 4.69) is 9.88 Å². The van der Waals surface area contributed by atoms with Crippen LogP contribution in [0.3, 0.4) is 0 Å². The number of hydrogen-bond acceptors (Lipinski definition) is 5. The van der Waals surface area contributed by atoms with Gasteiger partial charge in [0, 0.05) is 11.4 Å². The molecule has 2 aliphatic heterocycles. The van der Waals surface area contributed by atoms with Gasteiger partial charge in [-0.1, -0.05) is 0 Å². The van der Waals surface area contributed by atoms with Gasteiger partial charge < -0.3 is 14.7 Å². The summed E-state index contributed by atoms with van der Waals surface area (Å²) < 4.78 is 5.55. The zero-order valence-electron chi connectivity index (χ0n) is 8.64.